The number of nitrogens with one attached hydrogen (secondary N) is 1. The summed E-state index contributed by atoms with van der Waals surface area (Å²) in [5.41, 5.74) is 2.50. The number of hydrogen-bond donors (Lipinski definition) is 1. The highest BCUT2D eigenvalue weighted by Crippen LogP contribution is 2.12. The third-order valence-corrected chi connectivity index (χ3v) is 2.40. The minimum absolute atomic E-state index is 0.139. The van der Waals surface area contributed by atoms with Crippen LogP contribution >= 0.6 is 0 Å². The van der Waals surface area contributed by atoms with Gasteiger partial charge in [-0.25, -0.2) is 0 Å². The molecule has 0 fully saturated rings. The van der Waals surface area contributed by atoms with Gasteiger partial charge in [0.05, 0.1) is 5.69 Å². The maximum atomic E-state index is 4.32. The van der Waals surface area contributed by atoms with Crippen LogP contribution in [0.25, 0.3) is 0 Å². The third kappa shape index (κ3) is 2.56. The van der Waals surface area contributed by atoms with E-state index in [0.717, 1.165) is 12.1 Å². The maximum Gasteiger partial charge on any atom is 0.0596 e. The molecule has 0 radical (unpaired) electrons. The van der Waals surface area contributed by atoms with Gasteiger partial charge < -0.3 is 5.32 Å². The van der Waals surface area contributed by atoms with Crippen molar-refractivity contribution in [2.75, 3.05) is 7.05 Å². The van der Waals surface area contributed by atoms with Crippen molar-refractivity contribution in [3.05, 3.63) is 17.5 Å². The molecule has 1 aromatic heterocycles. The van der Waals surface area contributed by atoms with Crippen molar-refractivity contribution in [2.24, 2.45) is 7.05 Å². The van der Waals surface area contributed by atoms with E-state index in [-0.39, 0.29) is 5.54 Å². The first kappa shape index (κ1) is 10.3. The van der Waals surface area contributed by atoms with Gasteiger partial charge in [0.15, 0.2) is 0 Å². The molecule has 3 heteroatoms. The fourth-order valence-electron chi connectivity index (χ4n) is 1.37. The zero-order valence-corrected chi connectivity index (χ0v) is 9.18. The Morgan fingerprint density at radius 3 is 2.54 bits per heavy atom. The quantitative estimate of drug-likeness (QED) is 0.761. The Kier molecular flexibility index (Phi) is 2.76. The SMILES string of the molecule is CNC(C)(C)Cc1cc(C)nn1C. The molecule has 0 aromatic carbocycles. The number of rotatable bonds is 3. The molecule has 74 valence electrons. The van der Waals surface area contributed by atoms with Crippen molar-refractivity contribution < 1.29 is 0 Å². The van der Waals surface area contributed by atoms with E-state index in [9.17, 15) is 0 Å². The molecule has 0 aliphatic rings. The number of likely N-dealkylation sites (N-methyl/N-ethyl adjacent to an activating group) is 1. The summed E-state index contributed by atoms with van der Waals surface area (Å²) in [6.07, 6.45) is 1.00. The first-order valence-electron chi connectivity index (χ1n) is 4.63. The lowest BCUT2D eigenvalue weighted by atomic mass is 9.99. The predicted octanol–water partition coefficient (Wildman–Crippen LogP) is 1.27. The van der Waals surface area contributed by atoms with Crippen molar-refractivity contribution in [3.8, 4) is 0 Å². The fourth-order valence-corrected chi connectivity index (χ4v) is 1.37. The smallest absolute Gasteiger partial charge is 0.0596 e. The summed E-state index contributed by atoms with van der Waals surface area (Å²) in [6.45, 7) is 6.40. The zero-order valence-electron chi connectivity index (χ0n) is 9.18. The lowest BCUT2D eigenvalue weighted by Gasteiger charge is -2.23. The Balaban J connectivity index is 2.79. The second-order valence-corrected chi connectivity index (χ2v) is 4.21. The van der Waals surface area contributed by atoms with Gasteiger partial charge in [0.1, 0.15) is 0 Å². The van der Waals surface area contributed by atoms with E-state index >= 15 is 0 Å². The van der Waals surface area contributed by atoms with E-state index in [4.69, 9.17) is 0 Å². The van der Waals surface area contributed by atoms with Gasteiger partial charge in [-0.1, -0.05) is 0 Å². The van der Waals surface area contributed by atoms with Crippen molar-refractivity contribution in [1.29, 1.82) is 0 Å². The molecule has 13 heavy (non-hydrogen) atoms. The van der Waals surface area contributed by atoms with Crippen LogP contribution in [0.15, 0.2) is 6.07 Å². The average molecular weight is 181 g/mol. The van der Waals surface area contributed by atoms with Crippen LogP contribution in [0.5, 0.6) is 0 Å². The molecular formula is C10H19N3. The van der Waals surface area contributed by atoms with E-state index in [0.29, 0.717) is 0 Å². The van der Waals surface area contributed by atoms with E-state index in [1.807, 2.05) is 25.7 Å². The van der Waals surface area contributed by atoms with Gasteiger partial charge in [-0.05, 0) is 33.9 Å². The Morgan fingerprint density at radius 2 is 2.15 bits per heavy atom. The van der Waals surface area contributed by atoms with Crippen molar-refractivity contribution >= 4 is 0 Å². The maximum absolute atomic E-state index is 4.32. The second kappa shape index (κ2) is 3.50. The van der Waals surface area contributed by atoms with Crippen LogP contribution in [0.1, 0.15) is 25.2 Å². The van der Waals surface area contributed by atoms with Crippen LogP contribution in [0, 0.1) is 6.92 Å². The van der Waals surface area contributed by atoms with Gasteiger partial charge in [-0.3, -0.25) is 4.68 Å². The Labute approximate surface area is 80.1 Å². The molecule has 3 nitrogen and oxygen atoms in total. The lowest BCUT2D eigenvalue weighted by Crippen LogP contribution is -2.38. The number of hydrogen-bond acceptors (Lipinski definition) is 2. The first-order valence-corrected chi connectivity index (χ1v) is 4.63. The molecule has 0 amide bonds. The molecule has 0 bridgehead atoms. The highest BCUT2D eigenvalue weighted by atomic mass is 15.3. The Hall–Kier alpha value is -0.830. The van der Waals surface area contributed by atoms with Crippen LogP contribution < -0.4 is 5.32 Å². The summed E-state index contributed by atoms with van der Waals surface area (Å²) in [6, 6.07) is 2.14. The van der Waals surface area contributed by atoms with E-state index in [1.54, 1.807) is 0 Å². The molecule has 1 N–H and O–H groups in total. The topological polar surface area (TPSA) is 29.9 Å². The summed E-state index contributed by atoms with van der Waals surface area (Å²) in [4.78, 5) is 0. The summed E-state index contributed by atoms with van der Waals surface area (Å²) in [5, 5.41) is 7.60. The monoisotopic (exact) mass is 181 g/mol. The molecule has 0 aliphatic heterocycles. The summed E-state index contributed by atoms with van der Waals surface area (Å²) < 4.78 is 1.95. The van der Waals surface area contributed by atoms with Gasteiger partial charge in [-0.2, -0.15) is 5.10 Å². The van der Waals surface area contributed by atoms with Crippen molar-refractivity contribution in [2.45, 2.75) is 32.7 Å². The molecule has 0 spiro atoms. The number of aryl methyl sites for hydroxylation is 2. The molecule has 0 unspecified atom stereocenters. The first-order chi connectivity index (χ1) is 5.94. The average Bonchev–Trinajstić information content (AvgIpc) is 2.30. The van der Waals surface area contributed by atoms with E-state index < -0.39 is 0 Å². The summed E-state index contributed by atoms with van der Waals surface area (Å²) in [5.74, 6) is 0. The summed E-state index contributed by atoms with van der Waals surface area (Å²) >= 11 is 0. The van der Waals surface area contributed by atoms with Crippen LogP contribution in [-0.4, -0.2) is 22.4 Å². The molecule has 0 aliphatic carbocycles. The van der Waals surface area contributed by atoms with Crippen molar-refractivity contribution in [3.63, 3.8) is 0 Å². The van der Waals surface area contributed by atoms with Crippen molar-refractivity contribution in [1.82, 2.24) is 15.1 Å². The Bertz CT molecular complexity index is 286. The normalized spacial score (nSPS) is 12.1. The minimum atomic E-state index is 0.139. The largest absolute Gasteiger partial charge is 0.314 e. The van der Waals surface area contributed by atoms with Gasteiger partial charge in [-0.15, -0.1) is 0 Å². The van der Waals surface area contributed by atoms with Gasteiger partial charge in [0, 0.05) is 24.7 Å². The van der Waals surface area contributed by atoms with Crippen LogP contribution in [-0.2, 0) is 13.5 Å². The Morgan fingerprint density at radius 1 is 1.54 bits per heavy atom. The standard InChI is InChI=1S/C10H19N3/c1-8-6-9(13(5)12-8)7-10(2,3)11-4/h6,11H,7H2,1-5H3. The minimum Gasteiger partial charge on any atom is -0.314 e. The van der Waals surface area contributed by atoms with Crippen LogP contribution in [0.4, 0.5) is 0 Å². The highest BCUT2D eigenvalue weighted by Gasteiger charge is 2.17. The molecule has 0 saturated heterocycles. The number of aromatic nitrogens is 2. The molecule has 1 heterocycles. The zero-order chi connectivity index (χ0) is 10.1. The van der Waals surface area contributed by atoms with Crippen LogP contribution in [0.3, 0.4) is 0 Å². The summed E-state index contributed by atoms with van der Waals surface area (Å²) in [7, 11) is 3.98. The molecule has 1 aromatic rings. The molecule has 1 rings (SSSR count). The lowest BCUT2D eigenvalue weighted by molar-refractivity contribution is 0.410. The van der Waals surface area contributed by atoms with E-state index in [2.05, 4.69) is 30.3 Å². The van der Waals surface area contributed by atoms with E-state index in [1.165, 1.54) is 5.69 Å². The third-order valence-electron chi connectivity index (χ3n) is 2.40. The number of nitrogens with zero attached hydrogens (tertiary/aromatic N) is 2. The highest BCUT2D eigenvalue weighted by molar-refractivity contribution is 5.11. The van der Waals surface area contributed by atoms with Gasteiger partial charge >= 0.3 is 0 Å². The second-order valence-electron chi connectivity index (χ2n) is 4.21. The fraction of sp³-hybridized carbons (Fsp3) is 0.700. The predicted molar refractivity (Wildman–Crippen MR) is 54.8 cm³/mol. The molecule has 0 saturated carbocycles. The molecule has 0 atom stereocenters. The van der Waals surface area contributed by atoms with Gasteiger partial charge in [0.25, 0.3) is 0 Å². The van der Waals surface area contributed by atoms with Gasteiger partial charge in [0.2, 0.25) is 0 Å². The van der Waals surface area contributed by atoms with Crippen LogP contribution in [0.2, 0.25) is 0 Å². The molecular weight excluding hydrogens is 162 g/mol.